The van der Waals surface area contributed by atoms with E-state index < -0.39 is 0 Å². The first-order valence-corrected chi connectivity index (χ1v) is 8.76. The molecule has 0 unspecified atom stereocenters. The van der Waals surface area contributed by atoms with E-state index in [0.717, 1.165) is 16.7 Å². The Morgan fingerprint density at radius 3 is 2.65 bits per heavy atom. The van der Waals surface area contributed by atoms with Crippen molar-refractivity contribution in [3.8, 4) is 0 Å². The monoisotopic (exact) mass is 348 g/mol. The molecular formula is C21H20N2O3. The summed E-state index contributed by atoms with van der Waals surface area (Å²) in [5, 5.41) is 3.99. The Balaban J connectivity index is 1.44. The molecule has 1 aromatic heterocycles. The minimum absolute atomic E-state index is 0.0206. The lowest BCUT2D eigenvalue weighted by Crippen LogP contribution is -2.34. The molecule has 4 rings (SSSR count). The van der Waals surface area contributed by atoms with Gasteiger partial charge in [-0.3, -0.25) is 9.59 Å². The van der Waals surface area contributed by atoms with Crippen molar-refractivity contribution in [3.05, 3.63) is 66.4 Å². The highest BCUT2D eigenvalue weighted by Gasteiger charge is 2.35. The molecule has 0 radical (unpaired) electrons. The summed E-state index contributed by atoms with van der Waals surface area (Å²) >= 11 is 0. The molecule has 3 aromatic rings. The maximum absolute atomic E-state index is 12.6. The van der Waals surface area contributed by atoms with Crippen LogP contribution in [-0.4, -0.2) is 18.4 Å². The van der Waals surface area contributed by atoms with Gasteiger partial charge < -0.3 is 14.6 Å². The molecule has 5 heteroatoms. The summed E-state index contributed by atoms with van der Waals surface area (Å²) in [4.78, 5) is 26.6. The number of furan rings is 1. The second-order valence-electron chi connectivity index (χ2n) is 6.66. The molecule has 1 aliphatic rings. The molecular weight excluding hydrogens is 328 g/mol. The van der Waals surface area contributed by atoms with Crippen LogP contribution in [0.3, 0.4) is 0 Å². The molecule has 1 N–H and O–H groups in total. The van der Waals surface area contributed by atoms with E-state index >= 15 is 0 Å². The molecule has 26 heavy (non-hydrogen) atoms. The van der Waals surface area contributed by atoms with E-state index in [4.69, 9.17) is 4.42 Å². The van der Waals surface area contributed by atoms with E-state index in [-0.39, 0.29) is 30.2 Å². The number of para-hydroxylation sites is 2. The summed E-state index contributed by atoms with van der Waals surface area (Å²) < 4.78 is 5.81. The third kappa shape index (κ3) is 3.08. The van der Waals surface area contributed by atoms with Gasteiger partial charge in [-0.25, -0.2) is 0 Å². The van der Waals surface area contributed by atoms with Gasteiger partial charge in [0.1, 0.15) is 11.3 Å². The number of fused-ring (bicyclic) bond motifs is 1. The minimum Gasteiger partial charge on any atom is -0.459 e. The van der Waals surface area contributed by atoms with Crippen molar-refractivity contribution in [2.75, 3.05) is 11.4 Å². The largest absolute Gasteiger partial charge is 0.459 e. The summed E-state index contributed by atoms with van der Waals surface area (Å²) in [6.45, 7) is 2.29. The van der Waals surface area contributed by atoms with Gasteiger partial charge in [0.15, 0.2) is 0 Å². The van der Waals surface area contributed by atoms with Crippen LogP contribution >= 0.6 is 0 Å². The van der Waals surface area contributed by atoms with Gasteiger partial charge in [-0.15, -0.1) is 0 Å². The van der Waals surface area contributed by atoms with Crippen molar-refractivity contribution in [2.24, 2.45) is 5.92 Å². The first-order valence-electron chi connectivity index (χ1n) is 8.76. The molecule has 2 aromatic carbocycles. The van der Waals surface area contributed by atoms with Gasteiger partial charge in [0.05, 0.1) is 12.0 Å². The highest BCUT2D eigenvalue weighted by atomic mass is 16.3. The van der Waals surface area contributed by atoms with Crippen LogP contribution in [0.1, 0.15) is 25.1 Å². The minimum atomic E-state index is -0.352. The number of nitrogens with zero attached hydrogens (tertiary/aromatic N) is 1. The van der Waals surface area contributed by atoms with Gasteiger partial charge in [0, 0.05) is 24.0 Å². The summed E-state index contributed by atoms with van der Waals surface area (Å²) in [6.07, 6.45) is 0.230. The van der Waals surface area contributed by atoms with E-state index in [1.165, 1.54) is 0 Å². The van der Waals surface area contributed by atoms with E-state index in [2.05, 4.69) is 5.32 Å². The Labute approximate surface area is 151 Å². The Morgan fingerprint density at radius 1 is 1.15 bits per heavy atom. The van der Waals surface area contributed by atoms with E-state index in [9.17, 15) is 9.59 Å². The van der Waals surface area contributed by atoms with Gasteiger partial charge in [-0.2, -0.15) is 0 Å². The first kappa shape index (κ1) is 16.4. The lowest BCUT2D eigenvalue weighted by atomic mass is 10.1. The lowest BCUT2D eigenvalue weighted by Gasteiger charge is -2.17. The van der Waals surface area contributed by atoms with E-state index in [0.29, 0.717) is 12.3 Å². The second kappa shape index (κ2) is 6.67. The Hall–Kier alpha value is -3.08. The summed E-state index contributed by atoms with van der Waals surface area (Å²) in [7, 11) is 0. The van der Waals surface area contributed by atoms with Crippen LogP contribution in [0, 0.1) is 5.92 Å². The fourth-order valence-electron chi connectivity index (χ4n) is 3.36. The third-order valence-electron chi connectivity index (χ3n) is 4.79. The van der Waals surface area contributed by atoms with E-state index in [1.807, 2.05) is 67.6 Å². The Morgan fingerprint density at radius 2 is 1.88 bits per heavy atom. The van der Waals surface area contributed by atoms with Crippen molar-refractivity contribution in [1.29, 1.82) is 0 Å². The van der Waals surface area contributed by atoms with Crippen molar-refractivity contribution >= 4 is 28.5 Å². The Kier molecular flexibility index (Phi) is 4.21. The Bertz CT molecular complexity index is 915. The summed E-state index contributed by atoms with van der Waals surface area (Å²) in [5.74, 6) is 0.218. The number of rotatable bonds is 4. The predicted molar refractivity (Wildman–Crippen MR) is 99.7 cm³/mol. The molecule has 2 amide bonds. The molecule has 1 fully saturated rings. The average Bonchev–Trinajstić information content (AvgIpc) is 3.26. The van der Waals surface area contributed by atoms with Crippen LogP contribution in [0.25, 0.3) is 11.0 Å². The molecule has 132 valence electrons. The smallest absolute Gasteiger partial charge is 0.227 e. The maximum Gasteiger partial charge on any atom is 0.227 e. The number of hydrogen-bond acceptors (Lipinski definition) is 3. The molecule has 0 spiro atoms. The molecule has 1 saturated heterocycles. The van der Waals surface area contributed by atoms with Crippen molar-refractivity contribution < 1.29 is 14.0 Å². The zero-order valence-corrected chi connectivity index (χ0v) is 14.5. The standard InChI is InChI=1S/C21H20N2O3/c1-14(19-11-15-7-5-6-10-18(15)26-19)22-21(25)16-12-20(24)23(13-16)17-8-3-2-4-9-17/h2-11,14,16H,12-13H2,1H3,(H,22,25)/t14-,16-/m1/s1. The number of benzene rings is 2. The lowest BCUT2D eigenvalue weighted by molar-refractivity contribution is -0.127. The van der Waals surface area contributed by atoms with Crippen LogP contribution < -0.4 is 10.2 Å². The zero-order chi connectivity index (χ0) is 18.1. The SMILES string of the molecule is C[C@@H](NC(=O)[C@@H]1CC(=O)N(c2ccccc2)C1)c1cc2ccccc2o1. The second-order valence-corrected chi connectivity index (χ2v) is 6.66. The fraction of sp³-hybridized carbons (Fsp3) is 0.238. The van der Waals surface area contributed by atoms with Gasteiger partial charge in [0.2, 0.25) is 11.8 Å². The van der Waals surface area contributed by atoms with Crippen molar-refractivity contribution in [3.63, 3.8) is 0 Å². The topological polar surface area (TPSA) is 62.6 Å². The van der Waals surface area contributed by atoms with Gasteiger partial charge in [-0.05, 0) is 31.2 Å². The third-order valence-corrected chi connectivity index (χ3v) is 4.79. The van der Waals surface area contributed by atoms with E-state index in [1.54, 1.807) is 4.90 Å². The summed E-state index contributed by atoms with van der Waals surface area (Å²) in [6, 6.07) is 18.9. The molecule has 2 heterocycles. The number of hydrogen-bond donors (Lipinski definition) is 1. The van der Waals surface area contributed by atoms with Crippen molar-refractivity contribution in [2.45, 2.75) is 19.4 Å². The zero-order valence-electron chi connectivity index (χ0n) is 14.5. The molecule has 5 nitrogen and oxygen atoms in total. The highest BCUT2D eigenvalue weighted by molar-refractivity contribution is 6.00. The normalized spacial score (nSPS) is 18.3. The van der Waals surface area contributed by atoms with Crippen LogP contribution in [-0.2, 0) is 9.59 Å². The van der Waals surface area contributed by atoms with Crippen LogP contribution in [0.5, 0.6) is 0 Å². The molecule has 2 atom stereocenters. The quantitative estimate of drug-likeness (QED) is 0.782. The number of carbonyl (C=O) groups excluding carboxylic acids is 2. The van der Waals surface area contributed by atoms with Gasteiger partial charge >= 0.3 is 0 Å². The summed E-state index contributed by atoms with van der Waals surface area (Å²) in [5.41, 5.74) is 1.63. The van der Waals surface area contributed by atoms with Gasteiger partial charge in [0.25, 0.3) is 0 Å². The number of amides is 2. The highest BCUT2D eigenvalue weighted by Crippen LogP contribution is 2.27. The molecule has 0 saturated carbocycles. The van der Waals surface area contributed by atoms with Crippen molar-refractivity contribution in [1.82, 2.24) is 5.32 Å². The number of carbonyl (C=O) groups is 2. The fourth-order valence-corrected chi connectivity index (χ4v) is 3.36. The molecule has 0 aliphatic carbocycles. The van der Waals surface area contributed by atoms with Gasteiger partial charge in [-0.1, -0.05) is 36.4 Å². The first-order chi connectivity index (χ1) is 12.6. The predicted octanol–water partition coefficient (Wildman–Crippen LogP) is 3.66. The number of anilines is 1. The average molecular weight is 348 g/mol. The van der Waals surface area contributed by atoms with Crippen LogP contribution in [0.4, 0.5) is 5.69 Å². The van der Waals surface area contributed by atoms with Crippen LogP contribution in [0.15, 0.2) is 65.1 Å². The number of nitrogens with one attached hydrogen (secondary N) is 1. The molecule has 0 bridgehead atoms. The maximum atomic E-state index is 12.6. The van der Waals surface area contributed by atoms with Crippen LogP contribution in [0.2, 0.25) is 0 Å². The molecule has 1 aliphatic heterocycles.